The molecule has 1 amide bonds. The van der Waals surface area contributed by atoms with Crippen molar-refractivity contribution < 1.29 is 24.2 Å². The number of benzene rings is 1. The Balaban J connectivity index is 2.07. The van der Waals surface area contributed by atoms with Crippen molar-refractivity contribution in [1.29, 1.82) is 0 Å². The van der Waals surface area contributed by atoms with E-state index in [1.807, 2.05) is 0 Å². The van der Waals surface area contributed by atoms with Crippen LogP contribution in [-0.2, 0) is 9.59 Å². The van der Waals surface area contributed by atoms with Crippen molar-refractivity contribution in [2.24, 2.45) is 5.92 Å². The smallest absolute Gasteiger partial charge is 0.308 e. The highest BCUT2D eigenvalue weighted by Crippen LogP contribution is 2.25. The van der Waals surface area contributed by atoms with Crippen LogP contribution in [0.15, 0.2) is 24.3 Å². The molecule has 0 saturated carbocycles. The van der Waals surface area contributed by atoms with Crippen LogP contribution in [0.25, 0.3) is 0 Å². The van der Waals surface area contributed by atoms with Gasteiger partial charge in [-0.05, 0) is 45.7 Å². The summed E-state index contributed by atoms with van der Waals surface area (Å²) in [5.74, 6) is -1.28. The monoisotopic (exact) mass is 333 g/mol. The number of nitrogens with zero attached hydrogens (tertiary/aromatic N) is 1. The molecular formula is C18H23NO5. The zero-order chi connectivity index (χ0) is 17.9. The molecule has 0 bridgehead atoms. The summed E-state index contributed by atoms with van der Waals surface area (Å²) in [7, 11) is 0. The van der Waals surface area contributed by atoms with Crippen molar-refractivity contribution in [1.82, 2.24) is 4.90 Å². The van der Waals surface area contributed by atoms with Gasteiger partial charge in [0.2, 0.25) is 0 Å². The van der Waals surface area contributed by atoms with Gasteiger partial charge in [-0.25, -0.2) is 0 Å². The molecule has 1 fully saturated rings. The number of likely N-dealkylation sites (tertiary alicyclic amines) is 1. The minimum absolute atomic E-state index is 0.0756. The number of carboxylic acid groups (broad SMARTS) is 1. The summed E-state index contributed by atoms with van der Waals surface area (Å²) in [6.07, 6.45) is 0.498. The van der Waals surface area contributed by atoms with Gasteiger partial charge in [0.05, 0.1) is 5.92 Å². The van der Waals surface area contributed by atoms with Crippen LogP contribution < -0.4 is 4.74 Å². The summed E-state index contributed by atoms with van der Waals surface area (Å²) in [5, 5.41) is 9.26. The molecule has 2 rings (SSSR count). The molecule has 1 aliphatic rings. The van der Waals surface area contributed by atoms with Crippen molar-refractivity contribution in [3.05, 3.63) is 29.8 Å². The van der Waals surface area contributed by atoms with Crippen LogP contribution >= 0.6 is 0 Å². The van der Waals surface area contributed by atoms with E-state index in [2.05, 4.69) is 0 Å². The predicted molar refractivity (Wildman–Crippen MR) is 88.1 cm³/mol. The summed E-state index contributed by atoms with van der Waals surface area (Å²) in [6.45, 7) is 5.40. The molecule has 0 aliphatic carbocycles. The van der Waals surface area contributed by atoms with E-state index in [1.165, 1.54) is 6.92 Å². The Kier molecular flexibility index (Phi) is 5.59. The zero-order valence-electron chi connectivity index (χ0n) is 14.2. The minimum Gasteiger partial charge on any atom is -0.481 e. The molecule has 0 radical (unpaired) electrons. The lowest BCUT2D eigenvalue weighted by Gasteiger charge is -2.38. The SMILES string of the molecule is CC(=O)c1cccc(OC(C)C(=O)N2CCC[C@H](C(=O)O)[C@@H]2C)c1. The molecule has 1 N–H and O–H groups in total. The maximum Gasteiger partial charge on any atom is 0.308 e. The van der Waals surface area contributed by atoms with Gasteiger partial charge in [-0.15, -0.1) is 0 Å². The molecule has 6 nitrogen and oxygen atoms in total. The molecule has 6 heteroatoms. The van der Waals surface area contributed by atoms with Crippen LogP contribution in [-0.4, -0.2) is 46.4 Å². The summed E-state index contributed by atoms with van der Waals surface area (Å²) in [6, 6.07) is 6.32. The molecule has 24 heavy (non-hydrogen) atoms. The lowest BCUT2D eigenvalue weighted by molar-refractivity contribution is -0.151. The maximum atomic E-state index is 12.6. The van der Waals surface area contributed by atoms with E-state index in [0.29, 0.717) is 30.7 Å². The number of carbonyl (C=O) groups excluding carboxylic acids is 2. The first-order valence-corrected chi connectivity index (χ1v) is 8.12. The number of hydrogen-bond acceptors (Lipinski definition) is 4. The fraction of sp³-hybridized carbons (Fsp3) is 0.500. The van der Waals surface area contributed by atoms with Crippen LogP contribution in [0, 0.1) is 5.92 Å². The molecule has 1 aromatic carbocycles. The Morgan fingerprint density at radius 2 is 2.04 bits per heavy atom. The van der Waals surface area contributed by atoms with Gasteiger partial charge in [-0.3, -0.25) is 14.4 Å². The summed E-state index contributed by atoms with van der Waals surface area (Å²) >= 11 is 0. The number of carbonyl (C=O) groups is 3. The molecule has 130 valence electrons. The van der Waals surface area contributed by atoms with Crippen molar-refractivity contribution >= 4 is 17.7 Å². The van der Waals surface area contributed by atoms with Gasteiger partial charge >= 0.3 is 5.97 Å². The highest BCUT2D eigenvalue weighted by atomic mass is 16.5. The molecule has 1 unspecified atom stereocenters. The molecule has 1 aromatic rings. The largest absolute Gasteiger partial charge is 0.481 e. The van der Waals surface area contributed by atoms with Gasteiger partial charge in [0, 0.05) is 18.2 Å². The number of Topliss-reactive ketones (excluding diaryl/α,β-unsaturated/α-hetero) is 1. The molecule has 1 saturated heterocycles. The minimum atomic E-state index is -0.872. The first kappa shape index (κ1) is 18.0. The third-order valence-corrected chi connectivity index (χ3v) is 4.49. The van der Waals surface area contributed by atoms with Crippen molar-refractivity contribution in [3.8, 4) is 5.75 Å². The summed E-state index contributed by atoms with van der Waals surface area (Å²) in [5.41, 5.74) is 0.518. The van der Waals surface area contributed by atoms with Gasteiger partial charge in [0.15, 0.2) is 11.9 Å². The fourth-order valence-corrected chi connectivity index (χ4v) is 3.06. The Labute approximate surface area is 141 Å². The number of piperidine rings is 1. The molecule has 0 aromatic heterocycles. The number of hydrogen-bond donors (Lipinski definition) is 1. The van der Waals surface area contributed by atoms with E-state index in [-0.39, 0.29) is 17.7 Å². The van der Waals surface area contributed by atoms with Crippen LogP contribution in [0.2, 0.25) is 0 Å². The summed E-state index contributed by atoms with van der Waals surface area (Å²) < 4.78 is 5.67. The van der Waals surface area contributed by atoms with E-state index in [0.717, 1.165) is 0 Å². The van der Waals surface area contributed by atoms with Gasteiger partial charge in [0.1, 0.15) is 5.75 Å². The first-order chi connectivity index (χ1) is 11.3. The Hall–Kier alpha value is -2.37. The number of ether oxygens (including phenoxy) is 1. The third kappa shape index (κ3) is 3.93. The fourth-order valence-electron chi connectivity index (χ4n) is 3.06. The molecule has 3 atom stereocenters. The van der Waals surface area contributed by atoms with Crippen molar-refractivity contribution in [3.63, 3.8) is 0 Å². The number of carboxylic acids is 1. The second-order valence-corrected chi connectivity index (χ2v) is 6.20. The highest BCUT2D eigenvalue weighted by molar-refractivity contribution is 5.94. The number of amides is 1. The highest BCUT2D eigenvalue weighted by Gasteiger charge is 2.37. The van der Waals surface area contributed by atoms with Gasteiger partial charge in [-0.2, -0.15) is 0 Å². The average Bonchev–Trinajstić information content (AvgIpc) is 2.54. The Morgan fingerprint density at radius 1 is 1.33 bits per heavy atom. The van der Waals surface area contributed by atoms with E-state index in [1.54, 1.807) is 43.0 Å². The molecule has 1 aliphatic heterocycles. The average molecular weight is 333 g/mol. The van der Waals surface area contributed by atoms with Crippen molar-refractivity contribution in [2.45, 2.75) is 45.8 Å². The van der Waals surface area contributed by atoms with Crippen LogP contribution in [0.4, 0.5) is 0 Å². The van der Waals surface area contributed by atoms with E-state index in [9.17, 15) is 19.5 Å². The van der Waals surface area contributed by atoms with E-state index >= 15 is 0 Å². The second-order valence-electron chi connectivity index (χ2n) is 6.20. The van der Waals surface area contributed by atoms with Gasteiger partial charge in [-0.1, -0.05) is 12.1 Å². The molecular weight excluding hydrogens is 310 g/mol. The standard InChI is InChI=1S/C18H23NO5/c1-11-16(18(22)23)8-5-9-19(11)17(21)13(3)24-15-7-4-6-14(10-15)12(2)20/h4,6-7,10-11,13,16H,5,8-9H2,1-3H3,(H,22,23)/t11-,13?,16-/m0/s1. The third-order valence-electron chi connectivity index (χ3n) is 4.49. The number of ketones is 1. The lowest BCUT2D eigenvalue weighted by atomic mass is 9.90. The number of rotatable bonds is 5. The van der Waals surface area contributed by atoms with Gasteiger partial charge < -0.3 is 14.7 Å². The second kappa shape index (κ2) is 7.47. The maximum absolute atomic E-state index is 12.6. The zero-order valence-corrected chi connectivity index (χ0v) is 14.2. The molecule has 1 heterocycles. The normalized spacial score (nSPS) is 21.9. The van der Waals surface area contributed by atoms with E-state index in [4.69, 9.17) is 4.74 Å². The number of aliphatic carboxylic acids is 1. The van der Waals surface area contributed by atoms with Crippen LogP contribution in [0.3, 0.4) is 0 Å². The molecule has 0 spiro atoms. The van der Waals surface area contributed by atoms with Gasteiger partial charge in [0.25, 0.3) is 5.91 Å². The Bertz CT molecular complexity index is 642. The predicted octanol–water partition coefficient (Wildman–Crippen LogP) is 2.37. The van der Waals surface area contributed by atoms with Crippen LogP contribution in [0.5, 0.6) is 5.75 Å². The lowest BCUT2D eigenvalue weighted by Crippen LogP contribution is -2.52. The van der Waals surface area contributed by atoms with E-state index < -0.39 is 18.0 Å². The summed E-state index contributed by atoms with van der Waals surface area (Å²) in [4.78, 5) is 36.9. The topological polar surface area (TPSA) is 83.9 Å². The quantitative estimate of drug-likeness (QED) is 0.836. The van der Waals surface area contributed by atoms with Crippen LogP contribution in [0.1, 0.15) is 44.0 Å². The first-order valence-electron chi connectivity index (χ1n) is 8.12. The Morgan fingerprint density at radius 3 is 2.67 bits per heavy atom. The van der Waals surface area contributed by atoms with Crippen molar-refractivity contribution in [2.75, 3.05) is 6.54 Å².